The van der Waals surface area contributed by atoms with Gasteiger partial charge in [-0.15, -0.1) is 0 Å². The lowest BCUT2D eigenvalue weighted by molar-refractivity contribution is 0.460. The minimum atomic E-state index is 0.264. The summed E-state index contributed by atoms with van der Waals surface area (Å²) < 4.78 is 0. The van der Waals surface area contributed by atoms with E-state index in [9.17, 15) is 5.11 Å². The van der Waals surface area contributed by atoms with Crippen LogP contribution in [0.4, 0.5) is 0 Å². The average molecular weight is 255 g/mol. The summed E-state index contributed by atoms with van der Waals surface area (Å²) in [5.74, 6) is 0.356. The average Bonchev–Trinajstić information content (AvgIpc) is 2.39. The van der Waals surface area contributed by atoms with Crippen molar-refractivity contribution < 1.29 is 5.11 Å². The van der Waals surface area contributed by atoms with Gasteiger partial charge in [0.15, 0.2) is 0 Å². The Morgan fingerprint density at radius 2 is 1.79 bits per heavy atom. The van der Waals surface area contributed by atoms with E-state index >= 15 is 0 Å². The molecule has 0 saturated heterocycles. The minimum absolute atomic E-state index is 0.264. The third kappa shape index (κ3) is 3.58. The second-order valence-corrected chi connectivity index (χ2v) is 5.15. The van der Waals surface area contributed by atoms with Crippen LogP contribution < -0.4 is 5.32 Å². The Morgan fingerprint density at radius 3 is 2.53 bits per heavy atom. The Morgan fingerprint density at radius 1 is 1.05 bits per heavy atom. The lowest BCUT2D eigenvalue weighted by Gasteiger charge is -2.15. The van der Waals surface area contributed by atoms with Crippen LogP contribution in [0.2, 0.25) is 0 Å². The highest BCUT2D eigenvalue weighted by atomic mass is 16.3. The quantitative estimate of drug-likeness (QED) is 0.869. The van der Waals surface area contributed by atoms with Crippen LogP contribution in [0.25, 0.3) is 0 Å². The smallest absolute Gasteiger partial charge is 0.120 e. The van der Waals surface area contributed by atoms with Gasteiger partial charge in [-0.3, -0.25) is 0 Å². The molecular formula is C17H21NO. The maximum Gasteiger partial charge on any atom is 0.120 e. The molecule has 1 atom stereocenters. The van der Waals surface area contributed by atoms with Gasteiger partial charge in [-0.05, 0) is 32.4 Å². The molecule has 0 bridgehead atoms. The van der Waals surface area contributed by atoms with Gasteiger partial charge in [0, 0.05) is 18.2 Å². The van der Waals surface area contributed by atoms with Crippen LogP contribution in [0.5, 0.6) is 5.75 Å². The maximum absolute atomic E-state index is 9.82. The fourth-order valence-corrected chi connectivity index (χ4v) is 2.18. The Hall–Kier alpha value is -1.80. The molecule has 0 unspecified atom stereocenters. The molecule has 19 heavy (non-hydrogen) atoms. The molecule has 2 nitrogen and oxygen atoms in total. The van der Waals surface area contributed by atoms with Crippen LogP contribution in [0.3, 0.4) is 0 Å². The van der Waals surface area contributed by atoms with Gasteiger partial charge in [0.1, 0.15) is 5.75 Å². The molecule has 2 aromatic carbocycles. The van der Waals surface area contributed by atoms with Crippen molar-refractivity contribution in [1.29, 1.82) is 0 Å². The second-order valence-electron chi connectivity index (χ2n) is 5.15. The summed E-state index contributed by atoms with van der Waals surface area (Å²) in [7, 11) is 0. The molecule has 0 radical (unpaired) electrons. The lowest BCUT2D eigenvalue weighted by atomic mass is 10.0. The Labute approximate surface area is 115 Å². The first-order chi connectivity index (χ1) is 9.06. The topological polar surface area (TPSA) is 32.3 Å². The molecule has 2 rings (SSSR count). The fraction of sp³-hybridized carbons (Fsp3) is 0.294. The summed E-state index contributed by atoms with van der Waals surface area (Å²) in [5.41, 5.74) is 4.65. The first-order valence-electron chi connectivity index (χ1n) is 6.64. The fourth-order valence-electron chi connectivity index (χ4n) is 2.18. The highest BCUT2D eigenvalue weighted by Gasteiger charge is 2.07. The number of rotatable bonds is 4. The highest BCUT2D eigenvalue weighted by molar-refractivity contribution is 5.35. The number of aromatic hydroxyl groups is 1. The summed E-state index contributed by atoms with van der Waals surface area (Å²) in [6, 6.07) is 14.4. The number of hydrogen-bond acceptors (Lipinski definition) is 2. The number of benzene rings is 2. The predicted octanol–water partition coefficient (Wildman–Crippen LogP) is 3.86. The van der Waals surface area contributed by atoms with Crippen LogP contribution >= 0.6 is 0 Å². The SMILES string of the molecule is Cc1cccc([C@H](C)NCc2cc(C)ccc2O)c1. The summed E-state index contributed by atoms with van der Waals surface area (Å²) in [6.45, 7) is 6.94. The van der Waals surface area contributed by atoms with E-state index in [1.165, 1.54) is 11.1 Å². The van der Waals surface area contributed by atoms with Crippen molar-refractivity contribution in [2.24, 2.45) is 0 Å². The molecule has 0 fully saturated rings. The van der Waals surface area contributed by atoms with Crippen molar-refractivity contribution in [3.05, 3.63) is 64.7 Å². The molecule has 0 aliphatic carbocycles. The zero-order valence-electron chi connectivity index (χ0n) is 11.8. The largest absolute Gasteiger partial charge is 0.508 e. The molecule has 2 N–H and O–H groups in total. The summed E-state index contributed by atoms with van der Waals surface area (Å²) >= 11 is 0. The molecule has 0 aromatic heterocycles. The van der Waals surface area contributed by atoms with E-state index in [2.05, 4.69) is 43.4 Å². The Kier molecular flexibility index (Phi) is 4.23. The van der Waals surface area contributed by atoms with Gasteiger partial charge in [0.25, 0.3) is 0 Å². The second kappa shape index (κ2) is 5.89. The van der Waals surface area contributed by atoms with E-state index < -0.39 is 0 Å². The Bertz CT molecular complexity index is 563. The maximum atomic E-state index is 9.82. The third-order valence-corrected chi connectivity index (χ3v) is 3.38. The molecule has 100 valence electrons. The van der Waals surface area contributed by atoms with Crippen LogP contribution in [-0.4, -0.2) is 5.11 Å². The molecule has 0 amide bonds. The summed E-state index contributed by atoms with van der Waals surface area (Å²) in [5, 5.41) is 13.3. The first kappa shape index (κ1) is 13.6. The van der Waals surface area contributed by atoms with E-state index in [1.807, 2.05) is 19.1 Å². The zero-order chi connectivity index (χ0) is 13.8. The molecule has 0 aliphatic heterocycles. The van der Waals surface area contributed by atoms with Gasteiger partial charge in [0.2, 0.25) is 0 Å². The van der Waals surface area contributed by atoms with Gasteiger partial charge in [-0.1, -0.05) is 47.5 Å². The van der Waals surface area contributed by atoms with Gasteiger partial charge >= 0.3 is 0 Å². The van der Waals surface area contributed by atoms with Crippen molar-refractivity contribution >= 4 is 0 Å². The van der Waals surface area contributed by atoms with Crippen LogP contribution in [0, 0.1) is 13.8 Å². The van der Waals surface area contributed by atoms with Crippen LogP contribution in [-0.2, 0) is 6.54 Å². The number of hydrogen-bond donors (Lipinski definition) is 2. The monoisotopic (exact) mass is 255 g/mol. The van der Waals surface area contributed by atoms with Crippen molar-refractivity contribution in [1.82, 2.24) is 5.32 Å². The van der Waals surface area contributed by atoms with E-state index in [-0.39, 0.29) is 6.04 Å². The number of phenolic OH excluding ortho intramolecular Hbond substituents is 1. The predicted molar refractivity (Wildman–Crippen MR) is 79.3 cm³/mol. The molecule has 0 saturated carbocycles. The van der Waals surface area contributed by atoms with Gasteiger partial charge in [-0.25, -0.2) is 0 Å². The molecule has 2 heteroatoms. The molecule has 0 heterocycles. The van der Waals surface area contributed by atoms with Crippen LogP contribution in [0.1, 0.15) is 35.2 Å². The van der Waals surface area contributed by atoms with Gasteiger partial charge in [0.05, 0.1) is 0 Å². The number of aryl methyl sites for hydroxylation is 2. The molecular weight excluding hydrogens is 234 g/mol. The highest BCUT2D eigenvalue weighted by Crippen LogP contribution is 2.20. The van der Waals surface area contributed by atoms with E-state index in [4.69, 9.17) is 0 Å². The minimum Gasteiger partial charge on any atom is -0.508 e. The Balaban J connectivity index is 2.04. The summed E-state index contributed by atoms with van der Waals surface area (Å²) in [4.78, 5) is 0. The van der Waals surface area contributed by atoms with Crippen molar-refractivity contribution in [2.75, 3.05) is 0 Å². The van der Waals surface area contributed by atoms with Crippen LogP contribution in [0.15, 0.2) is 42.5 Å². The normalized spacial score (nSPS) is 12.4. The van der Waals surface area contributed by atoms with E-state index in [1.54, 1.807) is 6.07 Å². The zero-order valence-corrected chi connectivity index (χ0v) is 11.8. The lowest BCUT2D eigenvalue weighted by Crippen LogP contribution is -2.18. The van der Waals surface area contributed by atoms with Crippen molar-refractivity contribution in [3.63, 3.8) is 0 Å². The number of phenols is 1. The van der Waals surface area contributed by atoms with Gasteiger partial charge in [-0.2, -0.15) is 0 Å². The molecule has 2 aromatic rings. The molecule has 0 spiro atoms. The van der Waals surface area contributed by atoms with E-state index in [0.29, 0.717) is 12.3 Å². The standard InChI is InChI=1S/C17H21NO/c1-12-5-4-6-15(9-12)14(3)18-11-16-10-13(2)7-8-17(16)19/h4-10,14,18-19H,11H2,1-3H3/t14-/m0/s1. The van der Waals surface area contributed by atoms with E-state index in [0.717, 1.165) is 11.1 Å². The first-order valence-corrected chi connectivity index (χ1v) is 6.64. The van der Waals surface area contributed by atoms with Crippen molar-refractivity contribution in [2.45, 2.75) is 33.4 Å². The van der Waals surface area contributed by atoms with Gasteiger partial charge < -0.3 is 10.4 Å². The molecule has 0 aliphatic rings. The third-order valence-electron chi connectivity index (χ3n) is 3.38. The van der Waals surface area contributed by atoms with Crippen molar-refractivity contribution in [3.8, 4) is 5.75 Å². The summed E-state index contributed by atoms with van der Waals surface area (Å²) in [6.07, 6.45) is 0. The number of nitrogens with one attached hydrogen (secondary N) is 1.